The SMILES string of the molecule is Cc1c(C(=O)NCCCCCCCCCCC(=O)O)oc2ccccc12. The fourth-order valence-corrected chi connectivity index (χ4v) is 3.13. The number of carboxylic acids is 1. The first-order chi connectivity index (χ1) is 12.6. The zero-order valence-corrected chi connectivity index (χ0v) is 15.6. The number of carboxylic acid groups (broad SMARTS) is 1. The zero-order valence-electron chi connectivity index (χ0n) is 15.6. The van der Waals surface area contributed by atoms with E-state index in [4.69, 9.17) is 9.52 Å². The van der Waals surface area contributed by atoms with Gasteiger partial charge in [0.15, 0.2) is 5.76 Å². The van der Waals surface area contributed by atoms with Gasteiger partial charge in [0.25, 0.3) is 5.91 Å². The van der Waals surface area contributed by atoms with Crippen molar-refractivity contribution in [3.63, 3.8) is 0 Å². The molecule has 0 atom stereocenters. The fourth-order valence-electron chi connectivity index (χ4n) is 3.13. The van der Waals surface area contributed by atoms with Gasteiger partial charge in [0.05, 0.1) is 0 Å². The molecule has 5 heteroatoms. The first-order valence-electron chi connectivity index (χ1n) is 9.57. The second-order valence-corrected chi connectivity index (χ2v) is 6.78. The van der Waals surface area contributed by atoms with Crippen LogP contribution in [0, 0.1) is 6.92 Å². The second kappa shape index (κ2) is 10.6. The number of carbonyl (C=O) groups excluding carboxylic acids is 1. The minimum atomic E-state index is -0.704. The van der Waals surface area contributed by atoms with Gasteiger partial charge in [-0.2, -0.15) is 0 Å². The van der Waals surface area contributed by atoms with E-state index in [-0.39, 0.29) is 12.3 Å². The van der Waals surface area contributed by atoms with E-state index in [0.29, 0.717) is 12.3 Å². The predicted molar refractivity (Wildman–Crippen MR) is 102 cm³/mol. The molecule has 2 N–H and O–H groups in total. The molecule has 5 nitrogen and oxygen atoms in total. The topological polar surface area (TPSA) is 79.5 Å². The number of benzene rings is 1. The third-order valence-corrected chi connectivity index (χ3v) is 4.65. The van der Waals surface area contributed by atoms with Gasteiger partial charge in [0.1, 0.15) is 5.58 Å². The second-order valence-electron chi connectivity index (χ2n) is 6.78. The summed E-state index contributed by atoms with van der Waals surface area (Å²) < 4.78 is 5.67. The lowest BCUT2D eigenvalue weighted by Gasteiger charge is -2.04. The Balaban J connectivity index is 1.55. The van der Waals surface area contributed by atoms with Crippen LogP contribution in [0.1, 0.15) is 73.9 Å². The number of hydrogen-bond acceptors (Lipinski definition) is 3. The summed E-state index contributed by atoms with van der Waals surface area (Å²) in [7, 11) is 0. The highest BCUT2D eigenvalue weighted by molar-refractivity contribution is 5.98. The number of amides is 1. The number of rotatable bonds is 12. The molecule has 0 radical (unpaired) electrons. The highest BCUT2D eigenvalue weighted by Crippen LogP contribution is 2.24. The van der Waals surface area contributed by atoms with Crippen LogP contribution in [0.3, 0.4) is 0 Å². The molecule has 0 aliphatic carbocycles. The number of aliphatic carboxylic acids is 1. The molecule has 0 aliphatic heterocycles. The number of unbranched alkanes of at least 4 members (excludes halogenated alkanes) is 7. The van der Waals surface area contributed by atoms with Crippen molar-refractivity contribution in [3.8, 4) is 0 Å². The van der Waals surface area contributed by atoms with Gasteiger partial charge in [-0.3, -0.25) is 9.59 Å². The highest BCUT2D eigenvalue weighted by Gasteiger charge is 2.16. The van der Waals surface area contributed by atoms with Crippen molar-refractivity contribution in [1.29, 1.82) is 0 Å². The number of fused-ring (bicyclic) bond motifs is 1. The number of para-hydroxylation sites is 1. The quantitative estimate of drug-likeness (QED) is 0.519. The minimum absolute atomic E-state index is 0.142. The number of aryl methyl sites for hydroxylation is 1. The molecule has 1 heterocycles. The smallest absolute Gasteiger partial charge is 0.303 e. The van der Waals surface area contributed by atoms with Gasteiger partial charge in [0, 0.05) is 23.9 Å². The summed E-state index contributed by atoms with van der Waals surface area (Å²) in [5.74, 6) is -0.436. The molecule has 0 fully saturated rings. The molecule has 0 saturated carbocycles. The van der Waals surface area contributed by atoms with E-state index in [9.17, 15) is 9.59 Å². The van der Waals surface area contributed by atoms with Crippen molar-refractivity contribution in [3.05, 3.63) is 35.6 Å². The predicted octanol–water partition coefficient (Wildman–Crippen LogP) is 5.07. The number of carbonyl (C=O) groups is 2. The first kappa shape index (κ1) is 20.0. The van der Waals surface area contributed by atoms with Crippen molar-refractivity contribution in [2.75, 3.05) is 6.54 Å². The molecule has 142 valence electrons. The molecule has 0 aliphatic rings. The van der Waals surface area contributed by atoms with Crippen LogP contribution < -0.4 is 5.32 Å². The van der Waals surface area contributed by atoms with E-state index in [1.54, 1.807) is 0 Å². The van der Waals surface area contributed by atoms with E-state index >= 15 is 0 Å². The van der Waals surface area contributed by atoms with E-state index in [1.807, 2.05) is 31.2 Å². The lowest BCUT2D eigenvalue weighted by molar-refractivity contribution is -0.137. The van der Waals surface area contributed by atoms with Gasteiger partial charge >= 0.3 is 5.97 Å². The molecule has 0 spiro atoms. The lowest BCUT2D eigenvalue weighted by atomic mass is 10.1. The number of furan rings is 1. The monoisotopic (exact) mass is 359 g/mol. The van der Waals surface area contributed by atoms with Crippen molar-refractivity contribution in [1.82, 2.24) is 5.32 Å². The van der Waals surface area contributed by atoms with Gasteiger partial charge in [-0.05, 0) is 25.8 Å². The summed E-state index contributed by atoms with van der Waals surface area (Å²) in [6, 6.07) is 7.69. The minimum Gasteiger partial charge on any atom is -0.481 e. The zero-order chi connectivity index (χ0) is 18.8. The average molecular weight is 359 g/mol. The molecule has 0 saturated heterocycles. The van der Waals surface area contributed by atoms with Crippen LogP contribution >= 0.6 is 0 Å². The van der Waals surface area contributed by atoms with Crippen LogP contribution in [-0.2, 0) is 4.79 Å². The Morgan fingerprint density at radius 1 is 0.962 bits per heavy atom. The van der Waals surface area contributed by atoms with Crippen molar-refractivity contribution in [2.45, 2.75) is 64.7 Å². The Hall–Kier alpha value is -2.30. The molecular formula is C21H29NO4. The molecule has 26 heavy (non-hydrogen) atoms. The van der Waals surface area contributed by atoms with Crippen LogP contribution in [0.15, 0.2) is 28.7 Å². The van der Waals surface area contributed by atoms with E-state index in [1.165, 1.54) is 6.42 Å². The van der Waals surface area contributed by atoms with Crippen molar-refractivity contribution < 1.29 is 19.1 Å². The molecule has 0 unspecified atom stereocenters. The van der Waals surface area contributed by atoms with Crippen molar-refractivity contribution >= 4 is 22.8 Å². The molecule has 1 aromatic heterocycles. The maximum absolute atomic E-state index is 12.3. The summed E-state index contributed by atoms with van der Waals surface area (Å²) in [5, 5.41) is 12.5. The van der Waals surface area contributed by atoms with Crippen LogP contribution in [0.4, 0.5) is 0 Å². The molecule has 2 rings (SSSR count). The maximum atomic E-state index is 12.3. The Morgan fingerprint density at radius 2 is 1.58 bits per heavy atom. The average Bonchev–Trinajstić information content (AvgIpc) is 2.96. The van der Waals surface area contributed by atoms with Crippen LogP contribution in [0.5, 0.6) is 0 Å². The summed E-state index contributed by atoms with van der Waals surface area (Å²) >= 11 is 0. The van der Waals surface area contributed by atoms with Gasteiger partial charge in [-0.1, -0.05) is 56.7 Å². The third kappa shape index (κ3) is 6.21. The summed E-state index contributed by atoms with van der Waals surface area (Å²) in [6.07, 6.45) is 8.70. The third-order valence-electron chi connectivity index (χ3n) is 4.65. The number of hydrogen-bond donors (Lipinski definition) is 2. The maximum Gasteiger partial charge on any atom is 0.303 e. The normalized spacial score (nSPS) is 11.0. The molecule has 2 aromatic rings. The van der Waals surface area contributed by atoms with Gasteiger partial charge < -0.3 is 14.8 Å². The van der Waals surface area contributed by atoms with E-state index in [0.717, 1.165) is 61.5 Å². The Kier molecular flexibility index (Phi) is 8.19. The molecule has 0 bridgehead atoms. The summed E-state index contributed by atoms with van der Waals surface area (Å²) in [6.45, 7) is 2.57. The van der Waals surface area contributed by atoms with Crippen LogP contribution in [0.25, 0.3) is 11.0 Å². The largest absolute Gasteiger partial charge is 0.481 e. The number of nitrogens with one attached hydrogen (secondary N) is 1. The summed E-state index contributed by atoms with van der Waals surface area (Å²) in [5.41, 5.74) is 1.64. The van der Waals surface area contributed by atoms with E-state index in [2.05, 4.69) is 5.32 Å². The van der Waals surface area contributed by atoms with Crippen molar-refractivity contribution in [2.24, 2.45) is 0 Å². The molecular weight excluding hydrogens is 330 g/mol. The van der Waals surface area contributed by atoms with Gasteiger partial charge in [-0.25, -0.2) is 0 Å². The van der Waals surface area contributed by atoms with Gasteiger partial charge in [0.2, 0.25) is 0 Å². The fraction of sp³-hybridized carbons (Fsp3) is 0.524. The van der Waals surface area contributed by atoms with E-state index < -0.39 is 5.97 Å². The molecule has 1 aromatic carbocycles. The first-order valence-corrected chi connectivity index (χ1v) is 9.57. The summed E-state index contributed by atoms with van der Waals surface area (Å²) in [4.78, 5) is 22.7. The lowest BCUT2D eigenvalue weighted by Crippen LogP contribution is -2.24. The highest BCUT2D eigenvalue weighted by atomic mass is 16.4. The van der Waals surface area contributed by atoms with Crippen LogP contribution in [-0.4, -0.2) is 23.5 Å². The molecule has 1 amide bonds. The Morgan fingerprint density at radius 3 is 2.23 bits per heavy atom. The standard InChI is InChI=1S/C21H29NO4/c1-16-17-12-9-10-13-18(17)26-20(16)21(25)22-15-11-7-5-3-2-4-6-8-14-19(23)24/h9-10,12-13H,2-8,11,14-15H2,1H3,(H,22,25)(H,23,24). The Labute approximate surface area is 154 Å². The Bertz CT molecular complexity index is 720. The van der Waals surface area contributed by atoms with Crippen LogP contribution in [0.2, 0.25) is 0 Å². The van der Waals surface area contributed by atoms with Gasteiger partial charge in [-0.15, -0.1) is 0 Å².